The van der Waals surface area contributed by atoms with Gasteiger partial charge in [-0.25, -0.2) is 4.98 Å². The number of nitrogens with one attached hydrogen (secondary N) is 1. The SMILES string of the molecule is Cc1cc(-c2cccc(O)c2)cnc1N/C=C/C1=C/C(C)OCCCOC/C=C\1. The van der Waals surface area contributed by atoms with Gasteiger partial charge in [0.15, 0.2) is 0 Å². The monoisotopic (exact) mass is 392 g/mol. The van der Waals surface area contributed by atoms with Crippen LogP contribution in [0.3, 0.4) is 0 Å². The highest BCUT2D eigenvalue weighted by atomic mass is 16.5. The van der Waals surface area contributed by atoms with Crippen molar-refractivity contribution in [3.05, 3.63) is 78.2 Å². The normalized spacial score (nSPS) is 21.2. The lowest BCUT2D eigenvalue weighted by Crippen LogP contribution is -2.08. The zero-order valence-electron chi connectivity index (χ0n) is 17.0. The van der Waals surface area contributed by atoms with E-state index in [1.807, 2.05) is 50.4 Å². The Morgan fingerprint density at radius 2 is 2.10 bits per heavy atom. The van der Waals surface area contributed by atoms with E-state index >= 15 is 0 Å². The van der Waals surface area contributed by atoms with E-state index in [4.69, 9.17) is 9.47 Å². The Hall–Kier alpha value is -2.89. The van der Waals surface area contributed by atoms with Crippen LogP contribution in [-0.4, -0.2) is 36.0 Å². The van der Waals surface area contributed by atoms with Crippen LogP contribution in [0.15, 0.2) is 72.6 Å². The van der Waals surface area contributed by atoms with Crippen LogP contribution >= 0.6 is 0 Å². The van der Waals surface area contributed by atoms with Crippen LogP contribution in [0, 0.1) is 6.92 Å². The van der Waals surface area contributed by atoms with E-state index in [9.17, 15) is 5.11 Å². The fourth-order valence-corrected chi connectivity index (χ4v) is 3.04. The van der Waals surface area contributed by atoms with Gasteiger partial charge in [-0.1, -0.05) is 24.3 Å². The van der Waals surface area contributed by atoms with Crippen molar-refractivity contribution in [2.45, 2.75) is 26.4 Å². The van der Waals surface area contributed by atoms with E-state index in [-0.39, 0.29) is 11.9 Å². The molecule has 0 bridgehead atoms. The molecule has 1 atom stereocenters. The zero-order valence-corrected chi connectivity index (χ0v) is 17.0. The Bertz CT molecular complexity index is 903. The van der Waals surface area contributed by atoms with Crippen molar-refractivity contribution >= 4 is 5.82 Å². The number of aromatic hydroxyl groups is 1. The first kappa shape index (κ1) is 20.8. The molecule has 5 nitrogen and oxygen atoms in total. The molecule has 0 saturated heterocycles. The lowest BCUT2D eigenvalue weighted by atomic mass is 10.1. The number of ether oxygens (including phenoxy) is 2. The van der Waals surface area contributed by atoms with Crippen molar-refractivity contribution in [1.29, 1.82) is 0 Å². The number of anilines is 1. The molecule has 1 aromatic heterocycles. The van der Waals surface area contributed by atoms with Gasteiger partial charge in [0.05, 0.1) is 12.7 Å². The number of benzene rings is 1. The number of rotatable bonds is 4. The molecule has 1 unspecified atom stereocenters. The lowest BCUT2D eigenvalue weighted by molar-refractivity contribution is 0.0701. The Morgan fingerprint density at radius 1 is 1.21 bits per heavy atom. The smallest absolute Gasteiger partial charge is 0.132 e. The zero-order chi connectivity index (χ0) is 20.5. The molecule has 3 rings (SSSR count). The van der Waals surface area contributed by atoms with E-state index in [1.54, 1.807) is 18.3 Å². The molecule has 2 heterocycles. The van der Waals surface area contributed by atoms with Crippen LogP contribution in [0.2, 0.25) is 0 Å². The summed E-state index contributed by atoms with van der Waals surface area (Å²) in [6, 6.07) is 9.23. The fourth-order valence-electron chi connectivity index (χ4n) is 3.04. The van der Waals surface area contributed by atoms with Gasteiger partial charge >= 0.3 is 0 Å². The van der Waals surface area contributed by atoms with Gasteiger partial charge in [-0.05, 0) is 67.3 Å². The van der Waals surface area contributed by atoms with E-state index in [0.717, 1.165) is 34.5 Å². The van der Waals surface area contributed by atoms with Gasteiger partial charge in [-0.3, -0.25) is 0 Å². The van der Waals surface area contributed by atoms with Gasteiger partial charge in [0, 0.05) is 31.2 Å². The molecular formula is C24H28N2O3. The maximum absolute atomic E-state index is 9.67. The third-order valence-electron chi connectivity index (χ3n) is 4.52. The van der Waals surface area contributed by atoms with Crippen molar-refractivity contribution in [3.63, 3.8) is 0 Å². The predicted octanol–water partition coefficient (Wildman–Crippen LogP) is 5.00. The molecule has 2 aromatic rings. The van der Waals surface area contributed by atoms with Gasteiger partial charge in [0.25, 0.3) is 0 Å². The van der Waals surface area contributed by atoms with Crippen molar-refractivity contribution in [2.75, 3.05) is 25.1 Å². The second kappa shape index (κ2) is 10.6. The average Bonchev–Trinajstić information content (AvgIpc) is 2.75. The number of pyridine rings is 1. The summed E-state index contributed by atoms with van der Waals surface area (Å²) in [6.07, 6.45) is 12.8. The molecule has 5 heteroatoms. The van der Waals surface area contributed by atoms with E-state index in [1.165, 1.54) is 0 Å². The van der Waals surface area contributed by atoms with Gasteiger partial charge in [-0.2, -0.15) is 0 Å². The third kappa shape index (κ3) is 6.59. The van der Waals surface area contributed by atoms with Gasteiger partial charge in [-0.15, -0.1) is 0 Å². The molecule has 29 heavy (non-hydrogen) atoms. The number of nitrogens with zero attached hydrogens (tertiary/aromatic N) is 1. The number of allylic oxidation sites excluding steroid dienone is 3. The molecule has 1 aliphatic rings. The summed E-state index contributed by atoms with van der Waals surface area (Å²) in [4.78, 5) is 4.53. The Balaban J connectivity index is 1.69. The largest absolute Gasteiger partial charge is 0.508 e. The minimum absolute atomic E-state index is 0.0406. The predicted molar refractivity (Wildman–Crippen MR) is 117 cm³/mol. The fraction of sp³-hybridized carbons (Fsp3) is 0.292. The molecular weight excluding hydrogens is 364 g/mol. The van der Waals surface area contributed by atoms with Gasteiger partial charge in [0.1, 0.15) is 11.6 Å². The molecule has 0 aliphatic carbocycles. The minimum Gasteiger partial charge on any atom is -0.508 e. The summed E-state index contributed by atoms with van der Waals surface area (Å²) in [5, 5.41) is 12.9. The second-order valence-electron chi connectivity index (χ2n) is 6.99. The first-order chi connectivity index (χ1) is 14.1. The van der Waals surface area contributed by atoms with Crippen molar-refractivity contribution in [3.8, 4) is 16.9 Å². The van der Waals surface area contributed by atoms with Crippen molar-refractivity contribution in [1.82, 2.24) is 4.98 Å². The Morgan fingerprint density at radius 3 is 2.93 bits per heavy atom. The molecule has 0 fully saturated rings. The van der Waals surface area contributed by atoms with Crippen LogP contribution in [0.25, 0.3) is 11.1 Å². The van der Waals surface area contributed by atoms with E-state index < -0.39 is 0 Å². The van der Waals surface area contributed by atoms with Crippen LogP contribution in [0.5, 0.6) is 5.75 Å². The van der Waals surface area contributed by atoms with Crippen LogP contribution in [0.1, 0.15) is 18.9 Å². The summed E-state index contributed by atoms with van der Waals surface area (Å²) < 4.78 is 11.3. The first-order valence-electron chi connectivity index (χ1n) is 9.88. The molecule has 1 aliphatic heterocycles. The number of aromatic nitrogens is 1. The third-order valence-corrected chi connectivity index (χ3v) is 4.52. The maximum atomic E-state index is 9.67. The van der Waals surface area contributed by atoms with Crippen molar-refractivity contribution in [2.24, 2.45) is 0 Å². The van der Waals surface area contributed by atoms with Crippen LogP contribution < -0.4 is 5.32 Å². The Kier molecular flexibility index (Phi) is 7.61. The second-order valence-corrected chi connectivity index (χ2v) is 6.99. The molecule has 1 aromatic carbocycles. The molecule has 0 radical (unpaired) electrons. The highest BCUT2D eigenvalue weighted by Gasteiger charge is 2.04. The summed E-state index contributed by atoms with van der Waals surface area (Å²) in [5.74, 6) is 1.04. The highest BCUT2D eigenvalue weighted by Crippen LogP contribution is 2.25. The first-order valence-corrected chi connectivity index (χ1v) is 9.88. The number of aryl methyl sites for hydroxylation is 1. The maximum Gasteiger partial charge on any atom is 0.132 e. The quantitative estimate of drug-likeness (QED) is 0.767. The minimum atomic E-state index is 0.0406. The van der Waals surface area contributed by atoms with E-state index in [0.29, 0.717) is 19.8 Å². The summed E-state index contributed by atoms with van der Waals surface area (Å²) >= 11 is 0. The molecule has 0 amide bonds. The topological polar surface area (TPSA) is 63.6 Å². The highest BCUT2D eigenvalue weighted by molar-refractivity contribution is 5.67. The summed E-state index contributed by atoms with van der Waals surface area (Å²) in [6.45, 7) is 6.06. The van der Waals surface area contributed by atoms with Gasteiger partial charge < -0.3 is 19.9 Å². The number of phenols is 1. The van der Waals surface area contributed by atoms with Gasteiger partial charge in [0.2, 0.25) is 0 Å². The van der Waals surface area contributed by atoms with Crippen LogP contribution in [-0.2, 0) is 9.47 Å². The molecule has 2 N–H and O–H groups in total. The average molecular weight is 392 g/mol. The number of hydrogen-bond acceptors (Lipinski definition) is 5. The van der Waals surface area contributed by atoms with E-state index in [2.05, 4.69) is 22.4 Å². The number of phenolic OH excluding ortho intramolecular Hbond substituents is 1. The summed E-state index contributed by atoms with van der Waals surface area (Å²) in [5.41, 5.74) is 3.97. The standard InChI is InChI=1S/C24H28N2O3/c1-18-14-22(21-7-3-8-23(27)16-21)17-26-24(18)25-10-9-20-6-4-11-28-12-5-13-29-19(2)15-20/h3-4,6-10,14-17,19,27H,5,11-13H2,1-2H3,(H,25,26)/b6-4-,10-9+,20-15+. The summed E-state index contributed by atoms with van der Waals surface area (Å²) in [7, 11) is 0. The van der Waals surface area contributed by atoms with Crippen molar-refractivity contribution < 1.29 is 14.6 Å². The lowest BCUT2D eigenvalue weighted by Gasteiger charge is -2.09. The Labute approximate surface area is 172 Å². The number of hydrogen-bond donors (Lipinski definition) is 2. The molecule has 0 saturated carbocycles. The van der Waals surface area contributed by atoms with Crippen LogP contribution in [0.4, 0.5) is 5.82 Å². The molecule has 152 valence electrons. The molecule has 0 spiro atoms.